The number of nitrogens with zero attached hydrogens (tertiary/aromatic N) is 2. The molecule has 2 aromatic carbocycles. The zero-order valence-corrected chi connectivity index (χ0v) is 9.91. The monoisotopic (exact) mass is 240 g/mol. The molecule has 2 aromatic rings. The predicted molar refractivity (Wildman–Crippen MR) is 71.4 cm³/mol. The Kier molecular flexibility index (Phi) is 3.48. The van der Waals surface area contributed by atoms with Crippen LogP contribution in [0.2, 0.25) is 0 Å². The standard InChI is InChI=1S/C14H12N2O2/c1-11(15-13-5-3-2-4-6-13)12-7-9-14(10-8-12)16(17)18/h2-10H,1H3/b15-11-. The van der Waals surface area contributed by atoms with Gasteiger partial charge in [0, 0.05) is 17.8 Å². The molecule has 0 spiro atoms. The number of non-ortho nitro benzene ring substituents is 1. The van der Waals surface area contributed by atoms with E-state index in [0.717, 1.165) is 17.0 Å². The molecule has 0 N–H and O–H groups in total. The molecule has 0 saturated heterocycles. The van der Waals surface area contributed by atoms with Crippen molar-refractivity contribution in [3.05, 3.63) is 70.3 Å². The molecule has 18 heavy (non-hydrogen) atoms. The Labute approximate surface area is 105 Å². The summed E-state index contributed by atoms with van der Waals surface area (Å²) in [6.07, 6.45) is 0. The summed E-state index contributed by atoms with van der Waals surface area (Å²) in [5, 5.41) is 10.5. The molecule has 0 aliphatic heterocycles. The third-order valence-corrected chi connectivity index (χ3v) is 2.55. The second kappa shape index (κ2) is 5.23. The number of nitro groups is 1. The largest absolute Gasteiger partial charge is 0.269 e. The molecule has 4 nitrogen and oxygen atoms in total. The molecule has 0 aliphatic carbocycles. The van der Waals surface area contributed by atoms with E-state index in [9.17, 15) is 10.1 Å². The van der Waals surface area contributed by atoms with Crippen molar-refractivity contribution in [1.29, 1.82) is 0 Å². The summed E-state index contributed by atoms with van der Waals surface area (Å²) in [7, 11) is 0. The number of benzene rings is 2. The second-order valence-corrected chi connectivity index (χ2v) is 3.84. The summed E-state index contributed by atoms with van der Waals surface area (Å²) in [6.45, 7) is 1.88. The Bertz CT molecular complexity index is 575. The van der Waals surface area contributed by atoms with E-state index in [2.05, 4.69) is 4.99 Å². The van der Waals surface area contributed by atoms with Crippen molar-refractivity contribution in [3.8, 4) is 0 Å². The van der Waals surface area contributed by atoms with Crippen LogP contribution in [-0.4, -0.2) is 10.6 Å². The summed E-state index contributed by atoms with van der Waals surface area (Å²) in [5.41, 5.74) is 2.67. The Balaban J connectivity index is 2.26. The van der Waals surface area contributed by atoms with Gasteiger partial charge in [0.25, 0.3) is 5.69 Å². The van der Waals surface area contributed by atoms with Gasteiger partial charge < -0.3 is 0 Å². The highest BCUT2D eigenvalue weighted by Crippen LogP contribution is 2.16. The van der Waals surface area contributed by atoms with Crippen molar-refractivity contribution in [2.24, 2.45) is 4.99 Å². The number of para-hydroxylation sites is 1. The lowest BCUT2D eigenvalue weighted by molar-refractivity contribution is -0.384. The van der Waals surface area contributed by atoms with Crippen molar-refractivity contribution < 1.29 is 4.92 Å². The molecule has 0 saturated carbocycles. The van der Waals surface area contributed by atoms with Gasteiger partial charge >= 0.3 is 0 Å². The van der Waals surface area contributed by atoms with Crippen LogP contribution in [-0.2, 0) is 0 Å². The van der Waals surface area contributed by atoms with Gasteiger partial charge in [-0.3, -0.25) is 15.1 Å². The zero-order valence-electron chi connectivity index (χ0n) is 9.91. The molecule has 0 amide bonds. The fourth-order valence-corrected chi connectivity index (χ4v) is 1.59. The highest BCUT2D eigenvalue weighted by molar-refractivity contribution is 6.00. The van der Waals surface area contributed by atoms with Gasteiger partial charge in [0.15, 0.2) is 0 Å². The van der Waals surface area contributed by atoms with Crippen molar-refractivity contribution in [2.75, 3.05) is 0 Å². The first-order chi connectivity index (χ1) is 8.66. The van der Waals surface area contributed by atoms with E-state index in [4.69, 9.17) is 0 Å². The number of hydrogen-bond donors (Lipinski definition) is 0. The summed E-state index contributed by atoms with van der Waals surface area (Å²) in [5.74, 6) is 0. The minimum Gasteiger partial charge on any atom is -0.258 e. The lowest BCUT2D eigenvalue weighted by Gasteiger charge is -2.01. The molecule has 0 atom stereocenters. The molecule has 0 fully saturated rings. The molecule has 0 radical (unpaired) electrons. The Morgan fingerprint density at radius 2 is 1.67 bits per heavy atom. The van der Waals surface area contributed by atoms with Crippen LogP contribution in [0.1, 0.15) is 12.5 Å². The van der Waals surface area contributed by atoms with Gasteiger partial charge in [-0.25, -0.2) is 0 Å². The predicted octanol–water partition coefficient (Wildman–Crippen LogP) is 3.74. The Morgan fingerprint density at radius 1 is 1.06 bits per heavy atom. The lowest BCUT2D eigenvalue weighted by Crippen LogP contribution is -1.95. The van der Waals surface area contributed by atoms with Crippen LogP contribution in [0.3, 0.4) is 0 Å². The Hall–Kier alpha value is -2.49. The van der Waals surface area contributed by atoms with Gasteiger partial charge in [-0.15, -0.1) is 0 Å². The molecule has 0 aromatic heterocycles. The zero-order chi connectivity index (χ0) is 13.0. The fourth-order valence-electron chi connectivity index (χ4n) is 1.59. The van der Waals surface area contributed by atoms with Crippen molar-refractivity contribution in [1.82, 2.24) is 0 Å². The number of aliphatic imine (C=N–C) groups is 1. The van der Waals surface area contributed by atoms with Crippen LogP contribution < -0.4 is 0 Å². The van der Waals surface area contributed by atoms with Crippen molar-refractivity contribution >= 4 is 17.1 Å². The van der Waals surface area contributed by atoms with Gasteiger partial charge in [-0.05, 0) is 36.8 Å². The first kappa shape index (κ1) is 12.0. The first-order valence-electron chi connectivity index (χ1n) is 5.52. The van der Waals surface area contributed by atoms with Gasteiger partial charge in [0.05, 0.1) is 10.6 Å². The number of nitro benzene ring substituents is 1. The first-order valence-corrected chi connectivity index (χ1v) is 5.52. The maximum atomic E-state index is 10.5. The topological polar surface area (TPSA) is 55.5 Å². The van der Waals surface area contributed by atoms with E-state index in [0.29, 0.717) is 0 Å². The van der Waals surface area contributed by atoms with E-state index < -0.39 is 4.92 Å². The van der Waals surface area contributed by atoms with Crippen LogP contribution in [0.25, 0.3) is 0 Å². The van der Waals surface area contributed by atoms with Crippen LogP contribution in [0.4, 0.5) is 11.4 Å². The molecule has 0 unspecified atom stereocenters. The van der Waals surface area contributed by atoms with E-state index in [1.54, 1.807) is 12.1 Å². The summed E-state index contributed by atoms with van der Waals surface area (Å²) >= 11 is 0. The average molecular weight is 240 g/mol. The van der Waals surface area contributed by atoms with Gasteiger partial charge in [0.1, 0.15) is 0 Å². The highest BCUT2D eigenvalue weighted by Gasteiger charge is 2.05. The summed E-state index contributed by atoms with van der Waals surface area (Å²) < 4.78 is 0. The van der Waals surface area contributed by atoms with Gasteiger partial charge in [0.2, 0.25) is 0 Å². The molecule has 90 valence electrons. The number of rotatable bonds is 3. The second-order valence-electron chi connectivity index (χ2n) is 3.84. The van der Waals surface area contributed by atoms with Gasteiger partial charge in [-0.1, -0.05) is 18.2 Å². The third kappa shape index (κ3) is 2.79. The molecule has 2 rings (SSSR count). The molecular formula is C14H12N2O2. The summed E-state index contributed by atoms with van der Waals surface area (Å²) in [4.78, 5) is 14.6. The maximum Gasteiger partial charge on any atom is 0.269 e. The molecule has 0 aliphatic rings. The molecule has 4 heteroatoms. The van der Waals surface area contributed by atoms with Crippen LogP contribution in [0.15, 0.2) is 59.6 Å². The van der Waals surface area contributed by atoms with Crippen LogP contribution in [0, 0.1) is 10.1 Å². The van der Waals surface area contributed by atoms with Crippen molar-refractivity contribution in [2.45, 2.75) is 6.92 Å². The fraction of sp³-hybridized carbons (Fsp3) is 0.0714. The molecule has 0 heterocycles. The third-order valence-electron chi connectivity index (χ3n) is 2.55. The molecule has 0 bridgehead atoms. The molecular weight excluding hydrogens is 228 g/mol. The average Bonchev–Trinajstić information content (AvgIpc) is 2.40. The maximum absolute atomic E-state index is 10.5. The summed E-state index contributed by atoms with van der Waals surface area (Å²) in [6, 6.07) is 16.0. The van der Waals surface area contributed by atoms with E-state index in [1.807, 2.05) is 37.3 Å². The van der Waals surface area contributed by atoms with Crippen molar-refractivity contribution in [3.63, 3.8) is 0 Å². The quantitative estimate of drug-likeness (QED) is 0.466. The Morgan fingerprint density at radius 3 is 2.22 bits per heavy atom. The lowest BCUT2D eigenvalue weighted by atomic mass is 10.1. The normalized spacial score (nSPS) is 11.3. The minimum atomic E-state index is -0.409. The number of hydrogen-bond acceptors (Lipinski definition) is 3. The van der Waals surface area contributed by atoms with Crippen LogP contribution in [0.5, 0.6) is 0 Å². The van der Waals surface area contributed by atoms with E-state index in [1.165, 1.54) is 12.1 Å². The van der Waals surface area contributed by atoms with E-state index in [-0.39, 0.29) is 5.69 Å². The van der Waals surface area contributed by atoms with Crippen LogP contribution >= 0.6 is 0 Å². The smallest absolute Gasteiger partial charge is 0.258 e. The van der Waals surface area contributed by atoms with E-state index >= 15 is 0 Å². The van der Waals surface area contributed by atoms with Gasteiger partial charge in [-0.2, -0.15) is 0 Å². The SMILES string of the molecule is C/C(=N/c1ccccc1)c1ccc([N+](=O)[O-])cc1. The minimum absolute atomic E-state index is 0.0891. The highest BCUT2D eigenvalue weighted by atomic mass is 16.6.